The summed E-state index contributed by atoms with van der Waals surface area (Å²) in [7, 11) is 0. The Morgan fingerprint density at radius 2 is 2.31 bits per heavy atom. The maximum atomic E-state index is 11.4. The van der Waals surface area contributed by atoms with E-state index in [1.807, 2.05) is 6.92 Å². The minimum Gasteiger partial charge on any atom is -0.503 e. The molecule has 0 spiro atoms. The molecular weight excluding hydrogens is 190 g/mol. The van der Waals surface area contributed by atoms with E-state index in [2.05, 4.69) is 4.98 Å². The molecule has 72 valence electrons. The molecule has 1 unspecified atom stereocenters. The molecule has 0 amide bonds. The summed E-state index contributed by atoms with van der Waals surface area (Å²) in [5.41, 5.74) is 0.570. The van der Waals surface area contributed by atoms with Gasteiger partial charge in [-0.2, -0.15) is 0 Å². The van der Waals surface area contributed by atoms with E-state index in [-0.39, 0.29) is 16.6 Å². The van der Waals surface area contributed by atoms with Crippen molar-refractivity contribution in [3.05, 3.63) is 27.7 Å². The Kier molecular flexibility index (Phi) is 2.98. The predicted octanol–water partition coefficient (Wildman–Crippen LogP) is 1.94. The first-order valence-corrected chi connectivity index (χ1v) is 4.59. The minimum absolute atomic E-state index is 0.215. The fourth-order valence-electron chi connectivity index (χ4n) is 1.14. The molecule has 1 atom stereocenters. The standard InChI is InChI=1S/C9H12ClNO2/c1-3-7-9(13)8(12)6(4-11-7)5(2)10/h4-5,13H,3H2,1-2H3,(H,11,12). The lowest BCUT2D eigenvalue weighted by atomic mass is 10.1. The molecule has 0 aromatic carbocycles. The van der Waals surface area contributed by atoms with Crippen LogP contribution in [0.25, 0.3) is 0 Å². The van der Waals surface area contributed by atoms with Crippen LogP contribution in [0.1, 0.15) is 30.5 Å². The van der Waals surface area contributed by atoms with E-state index in [0.29, 0.717) is 17.7 Å². The van der Waals surface area contributed by atoms with Crippen molar-refractivity contribution in [3.8, 4) is 5.75 Å². The van der Waals surface area contributed by atoms with Gasteiger partial charge < -0.3 is 10.1 Å². The van der Waals surface area contributed by atoms with Gasteiger partial charge in [0.15, 0.2) is 5.75 Å². The number of aromatic amines is 1. The van der Waals surface area contributed by atoms with E-state index in [4.69, 9.17) is 11.6 Å². The second kappa shape index (κ2) is 3.83. The van der Waals surface area contributed by atoms with Crippen LogP contribution in [0.2, 0.25) is 0 Å². The maximum absolute atomic E-state index is 11.4. The number of hydrogen-bond acceptors (Lipinski definition) is 2. The molecule has 4 heteroatoms. The molecule has 0 saturated heterocycles. The Hall–Kier alpha value is -0.960. The molecule has 0 radical (unpaired) electrons. The molecule has 0 aliphatic carbocycles. The van der Waals surface area contributed by atoms with Gasteiger partial charge >= 0.3 is 0 Å². The van der Waals surface area contributed by atoms with Gasteiger partial charge in [-0.05, 0) is 13.3 Å². The number of pyridine rings is 1. The van der Waals surface area contributed by atoms with Crippen LogP contribution in [0.3, 0.4) is 0 Å². The number of H-pyrrole nitrogens is 1. The average molecular weight is 202 g/mol. The van der Waals surface area contributed by atoms with Gasteiger partial charge in [0.2, 0.25) is 5.43 Å². The van der Waals surface area contributed by atoms with Crippen molar-refractivity contribution in [2.24, 2.45) is 0 Å². The number of alkyl halides is 1. The number of aryl methyl sites for hydroxylation is 1. The summed E-state index contributed by atoms with van der Waals surface area (Å²) in [5.74, 6) is -0.215. The van der Waals surface area contributed by atoms with E-state index < -0.39 is 0 Å². The third-order valence-corrected chi connectivity index (χ3v) is 2.18. The molecule has 1 heterocycles. The van der Waals surface area contributed by atoms with Crippen molar-refractivity contribution in [1.29, 1.82) is 0 Å². The van der Waals surface area contributed by atoms with Crippen LogP contribution < -0.4 is 5.43 Å². The van der Waals surface area contributed by atoms with E-state index in [0.717, 1.165) is 0 Å². The van der Waals surface area contributed by atoms with Crippen molar-refractivity contribution >= 4 is 11.6 Å². The quantitative estimate of drug-likeness (QED) is 0.719. The summed E-state index contributed by atoms with van der Waals surface area (Å²) in [6, 6.07) is 0. The number of nitrogens with one attached hydrogen (secondary N) is 1. The van der Waals surface area contributed by atoms with Gasteiger partial charge in [0, 0.05) is 11.8 Å². The third kappa shape index (κ3) is 1.86. The summed E-state index contributed by atoms with van der Waals surface area (Å²) >= 11 is 5.74. The number of rotatable bonds is 2. The normalized spacial score (nSPS) is 12.8. The second-order valence-corrected chi connectivity index (χ2v) is 3.52. The highest BCUT2D eigenvalue weighted by atomic mass is 35.5. The molecule has 13 heavy (non-hydrogen) atoms. The molecule has 1 aromatic rings. The van der Waals surface area contributed by atoms with Crippen molar-refractivity contribution in [1.82, 2.24) is 4.98 Å². The highest BCUT2D eigenvalue weighted by molar-refractivity contribution is 6.20. The molecule has 0 aliphatic heterocycles. The van der Waals surface area contributed by atoms with Gasteiger partial charge in [-0.3, -0.25) is 4.79 Å². The van der Waals surface area contributed by atoms with Crippen LogP contribution in [0.4, 0.5) is 0 Å². The van der Waals surface area contributed by atoms with Gasteiger partial charge in [-0.25, -0.2) is 0 Å². The van der Waals surface area contributed by atoms with Crippen molar-refractivity contribution in [2.75, 3.05) is 0 Å². The lowest BCUT2D eigenvalue weighted by molar-refractivity contribution is 0.458. The number of aromatic nitrogens is 1. The summed E-state index contributed by atoms with van der Waals surface area (Å²) in [5, 5.41) is 9.04. The lowest BCUT2D eigenvalue weighted by Crippen LogP contribution is -2.11. The van der Waals surface area contributed by atoms with Gasteiger partial charge in [0.05, 0.1) is 11.1 Å². The molecular formula is C9H12ClNO2. The Morgan fingerprint density at radius 3 is 2.77 bits per heavy atom. The van der Waals surface area contributed by atoms with Gasteiger partial charge in [0.25, 0.3) is 0 Å². The SMILES string of the molecule is CCc1[nH]cc(C(C)Cl)c(=O)c1O. The van der Waals surface area contributed by atoms with Crippen LogP contribution in [0.15, 0.2) is 11.0 Å². The van der Waals surface area contributed by atoms with Crippen molar-refractivity contribution in [2.45, 2.75) is 25.6 Å². The van der Waals surface area contributed by atoms with Crippen LogP contribution in [0.5, 0.6) is 5.75 Å². The first kappa shape index (κ1) is 10.1. The highest BCUT2D eigenvalue weighted by Gasteiger charge is 2.12. The maximum Gasteiger partial charge on any atom is 0.228 e. The molecule has 1 rings (SSSR count). The predicted molar refractivity (Wildman–Crippen MR) is 52.4 cm³/mol. The van der Waals surface area contributed by atoms with Crippen LogP contribution in [-0.4, -0.2) is 10.1 Å². The van der Waals surface area contributed by atoms with Crippen molar-refractivity contribution in [3.63, 3.8) is 0 Å². The second-order valence-electron chi connectivity index (χ2n) is 2.87. The molecule has 0 fully saturated rings. The Balaban J connectivity index is 3.32. The Morgan fingerprint density at radius 1 is 1.69 bits per heavy atom. The molecule has 0 aliphatic rings. The molecule has 3 nitrogen and oxygen atoms in total. The van der Waals surface area contributed by atoms with Gasteiger partial charge in [0.1, 0.15) is 0 Å². The first-order valence-electron chi connectivity index (χ1n) is 4.15. The summed E-state index contributed by atoms with van der Waals surface area (Å²) in [6.45, 7) is 3.55. The minimum atomic E-state index is -0.388. The molecule has 2 N–H and O–H groups in total. The third-order valence-electron chi connectivity index (χ3n) is 1.95. The van der Waals surface area contributed by atoms with Crippen LogP contribution in [-0.2, 0) is 6.42 Å². The zero-order valence-electron chi connectivity index (χ0n) is 7.60. The van der Waals surface area contributed by atoms with E-state index in [1.165, 1.54) is 0 Å². The highest BCUT2D eigenvalue weighted by Crippen LogP contribution is 2.18. The van der Waals surface area contributed by atoms with Crippen molar-refractivity contribution < 1.29 is 5.11 Å². The van der Waals surface area contributed by atoms with E-state index >= 15 is 0 Å². The molecule has 1 aromatic heterocycles. The topological polar surface area (TPSA) is 53.1 Å². The number of halogens is 1. The van der Waals surface area contributed by atoms with Gasteiger partial charge in [-0.1, -0.05) is 6.92 Å². The number of hydrogen-bond donors (Lipinski definition) is 2. The fraction of sp³-hybridized carbons (Fsp3) is 0.444. The van der Waals surface area contributed by atoms with Crippen LogP contribution >= 0.6 is 11.6 Å². The first-order chi connectivity index (χ1) is 6.07. The summed E-state index contributed by atoms with van der Waals surface area (Å²) in [6.07, 6.45) is 2.15. The van der Waals surface area contributed by atoms with Crippen LogP contribution in [0, 0.1) is 0 Å². The lowest BCUT2D eigenvalue weighted by Gasteiger charge is -2.05. The summed E-state index contributed by atoms with van der Waals surface area (Å²) in [4.78, 5) is 14.3. The summed E-state index contributed by atoms with van der Waals surface area (Å²) < 4.78 is 0. The van der Waals surface area contributed by atoms with E-state index in [9.17, 15) is 9.90 Å². The Bertz CT molecular complexity index is 357. The zero-order valence-corrected chi connectivity index (χ0v) is 8.35. The fourth-order valence-corrected chi connectivity index (χ4v) is 1.30. The zero-order chi connectivity index (χ0) is 10.0. The smallest absolute Gasteiger partial charge is 0.228 e. The Labute approximate surface area is 81.4 Å². The van der Waals surface area contributed by atoms with Gasteiger partial charge in [-0.15, -0.1) is 11.6 Å². The largest absolute Gasteiger partial charge is 0.503 e. The molecule has 0 saturated carbocycles. The average Bonchev–Trinajstić information content (AvgIpc) is 2.09. The monoisotopic (exact) mass is 201 g/mol. The molecule has 0 bridgehead atoms. The number of aromatic hydroxyl groups is 1. The van der Waals surface area contributed by atoms with E-state index in [1.54, 1.807) is 13.1 Å².